The fraction of sp³-hybridized carbons (Fsp3) is 0.667. The number of phosphoric acid groups is 1. The van der Waals surface area contributed by atoms with Crippen molar-refractivity contribution in [2.75, 3.05) is 26.4 Å². The molecule has 0 fully saturated rings. The van der Waals surface area contributed by atoms with Crippen molar-refractivity contribution in [3.05, 3.63) is 12.7 Å². The minimum atomic E-state index is -4.25. The van der Waals surface area contributed by atoms with Crippen molar-refractivity contribution in [1.82, 2.24) is 0 Å². The molecule has 0 rings (SSSR count). The lowest BCUT2D eigenvalue weighted by Gasteiger charge is -2.20. The highest BCUT2D eigenvalue weighted by molar-refractivity contribution is 7.47. The molecule has 0 bridgehead atoms. The zero-order valence-electron chi connectivity index (χ0n) is 11.0. The molecule has 0 aliphatic rings. The smallest absolute Gasteiger partial charge is 0.394 e. The summed E-state index contributed by atoms with van der Waals surface area (Å²) in [6.07, 6.45) is 0.784. The van der Waals surface area contributed by atoms with E-state index in [-0.39, 0.29) is 6.61 Å². The Bertz CT molecular complexity index is 323. The highest BCUT2D eigenvalue weighted by atomic mass is 31.2. The molecule has 0 saturated heterocycles. The normalized spacial score (nSPS) is 13.7. The number of aliphatic hydroxyl groups excluding tert-OH is 3. The van der Waals surface area contributed by atoms with Crippen molar-refractivity contribution in [3.63, 3.8) is 0 Å². The van der Waals surface area contributed by atoms with Gasteiger partial charge >= 0.3 is 13.8 Å². The van der Waals surface area contributed by atoms with Crippen LogP contribution in [0.4, 0.5) is 0 Å². The molecule has 6 N–H and O–H groups in total. The molecular formula is C9H20NO9P. The van der Waals surface area contributed by atoms with Crippen LogP contribution in [0.1, 0.15) is 6.92 Å². The van der Waals surface area contributed by atoms with E-state index in [1.165, 1.54) is 6.92 Å². The molecule has 0 aliphatic carbocycles. The Kier molecular flexibility index (Phi) is 11.7. The first-order chi connectivity index (χ1) is 9.20. The summed E-state index contributed by atoms with van der Waals surface area (Å²) >= 11 is 0. The van der Waals surface area contributed by atoms with Crippen LogP contribution >= 0.6 is 7.82 Å². The molecule has 0 heterocycles. The summed E-state index contributed by atoms with van der Waals surface area (Å²) in [6.45, 7) is 3.29. The first-order valence-electron chi connectivity index (χ1n) is 5.31. The number of hydrogen-bond acceptors (Lipinski definition) is 9. The number of aliphatic hydroxyl groups is 3. The van der Waals surface area contributed by atoms with Crippen LogP contribution in [0.2, 0.25) is 0 Å². The van der Waals surface area contributed by atoms with Crippen molar-refractivity contribution in [2.45, 2.75) is 12.5 Å². The zero-order chi connectivity index (χ0) is 16.2. The van der Waals surface area contributed by atoms with Gasteiger partial charge in [-0.1, -0.05) is 11.3 Å². The topological polar surface area (TPSA) is 169 Å². The van der Waals surface area contributed by atoms with Crippen LogP contribution in [0.5, 0.6) is 0 Å². The molecule has 1 atom stereocenters. The summed E-state index contributed by atoms with van der Waals surface area (Å²) in [5, 5.41) is 25.0. The van der Waals surface area contributed by atoms with Crippen molar-refractivity contribution in [3.8, 4) is 0 Å². The van der Waals surface area contributed by atoms with Crippen LogP contribution in [-0.2, 0) is 23.4 Å². The van der Waals surface area contributed by atoms with Gasteiger partial charge in [0.1, 0.15) is 0 Å². The van der Waals surface area contributed by atoms with Crippen LogP contribution in [0, 0.1) is 0 Å². The first kappa shape index (κ1) is 21.5. The lowest BCUT2D eigenvalue weighted by atomic mass is 10.1. The maximum Gasteiger partial charge on any atom is 0.508 e. The zero-order valence-corrected chi connectivity index (χ0v) is 11.9. The summed E-state index contributed by atoms with van der Waals surface area (Å²) in [4.78, 5) is 22.8. The molecular weight excluding hydrogens is 297 g/mol. The minimum Gasteiger partial charge on any atom is -0.394 e. The van der Waals surface area contributed by atoms with Crippen molar-refractivity contribution >= 4 is 13.8 Å². The van der Waals surface area contributed by atoms with Gasteiger partial charge in [0.25, 0.3) is 0 Å². The Labute approximate surface area is 115 Å². The van der Waals surface area contributed by atoms with Crippen LogP contribution in [-0.4, -0.2) is 58.1 Å². The number of rotatable bonds is 8. The van der Waals surface area contributed by atoms with E-state index < -0.39 is 39.2 Å². The summed E-state index contributed by atoms with van der Waals surface area (Å²) in [6, 6.07) is 0. The Morgan fingerprint density at radius 1 is 1.35 bits per heavy atom. The van der Waals surface area contributed by atoms with Crippen molar-refractivity contribution in [1.29, 1.82) is 0 Å². The monoisotopic (exact) mass is 317 g/mol. The molecule has 10 nitrogen and oxygen atoms in total. The van der Waals surface area contributed by atoms with Crippen LogP contribution in [0.3, 0.4) is 0 Å². The molecule has 0 aromatic rings. The highest BCUT2D eigenvalue weighted by Gasteiger charge is 2.23. The molecule has 0 aliphatic heterocycles. The minimum absolute atomic E-state index is 0.0284. The van der Waals surface area contributed by atoms with Gasteiger partial charge in [-0.3, -0.25) is 9.41 Å². The third kappa shape index (κ3) is 11.0. The van der Waals surface area contributed by atoms with Gasteiger partial charge in [-0.2, -0.15) is 0 Å². The molecule has 0 aromatic heterocycles. The molecule has 1 unspecified atom stereocenters. The molecule has 120 valence electrons. The highest BCUT2D eigenvalue weighted by Crippen LogP contribution is 2.43. The summed E-state index contributed by atoms with van der Waals surface area (Å²) < 4.78 is 18.6. The molecule has 0 aromatic carbocycles. The van der Waals surface area contributed by atoms with E-state index in [9.17, 15) is 9.36 Å². The van der Waals surface area contributed by atoms with E-state index in [1.54, 1.807) is 0 Å². The van der Waals surface area contributed by atoms with E-state index in [2.05, 4.69) is 20.7 Å². The van der Waals surface area contributed by atoms with E-state index in [0.717, 1.165) is 6.08 Å². The number of nitrogens with two attached hydrogens (primary N) is 1. The molecule has 11 heteroatoms. The van der Waals surface area contributed by atoms with Crippen LogP contribution < -0.4 is 5.73 Å². The van der Waals surface area contributed by atoms with E-state index in [0.29, 0.717) is 0 Å². The summed E-state index contributed by atoms with van der Waals surface area (Å²) in [5.74, 6) is -0.969. The average Bonchev–Trinajstić information content (AvgIpc) is 2.44. The fourth-order valence-electron chi connectivity index (χ4n) is 0.453. The van der Waals surface area contributed by atoms with E-state index in [4.69, 9.17) is 25.9 Å². The van der Waals surface area contributed by atoms with Gasteiger partial charge in [0.15, 0.2) is 0 Å². The molecule has 0 radical (unpaired) electrons. The van der Waals surface area contributed by atoms with Crippen LogP contribution in [0.15, 0.2) is 12.7 Å². The second-order valence-electron chi connectivity index (χ2n) is 3.40. The molecule has 0 saturated carbocycles. The predicted octanol–water partition coefficient (Wildman–Crippen LogP) is -1.56. The van der Waals surface area contributed by atoms with Gasteiger partial charge < -0.3 is 25.9 Å². The second-order valence-corrected chi connectivity index (χ2v) is 4.75. The molecule has 0 amide bonds. The van der Waals surface area contributed by atoms with Crippen molar-refractivity contribution < 1.29 is 43.7 Å². The Balaban J connectivity index is 0. The SMILES string of the molecule is C=CC(=O)OOP(=O)(O)OCC.NC(CO)(CO)CO. The lowest BCUT2D eigenvalue weighted by Crippen LogP contribution is -2.50. The Morgan fingerprint density at radius 3 is 2.05 bits per heavy atom. The van der Waals surface area contributed by atoms with Crippen LogP contribution in [0.25, 0.3) is 0 Å². The van der Waals surface area contributed by atoms with Gasteiger partial charge in [0.2, 0.25) is 0 Å². The standard InChI is InChI=1S/C5H9O6P.C4H11NO3/c1-3-5(6)10-11-12(7,8)9-4-2;5-4(1-6,2-7)3-8/h3H,1,4H2,2H3,(H,7,8);6-8H,1-3,5H2. The second kappa shape index (κ2) is 10.9. The average molecular weight is 317 g/mol. The van der Waals surface area contributed by atoms with Gasteiger partial charge in [-0.05, 0) is 6.92 Å². The van der Waals surface area contributed by atoms with Gasteiger partial charge in [0, 0.05) is 6.08 Å². The largest absolute Gasteiger partial charge is 0.508 e. The third-order valence-corrected chi connectivity index (χ3v) is 2.46. The maximum absolute atomic E-state index is 10.6. The summed E-state index contributed by atoms with van der Waals surface area (Å²) in [5.41, 5.74) is 3.94. The quantitative estimate of drug-likeness (QED) is 0.153. The molecule has 0 spiro atoms. The lowest BCUT2D eigenvalue weighted by molar-refractivity contribution is -0.217. The van der Waals surface area contributed by atoms with Gasteiger partial charge in [0.05, 0.1) is 32.0 Å². The first-order valence-corrected chi connectivity index (χ1v) is 6.81. The Morgan fingerprint density at radius 2 is 1.80 bits per heavy atom. The number of hydrogen-bond donors (Lipinski definition) is 5. The molecule has 20 heavy (non-hydrogen) atoms. The van der Waals surface area contributed by atoms with Gasteiger partial charge in [-0.15, -0.1) is 0 Å². The number of carbonyl (C=O) groups is 1. The van der Waals surface area contributed by atoms with Crippen molar-refractivity contribution in [2.24, 2.45) is 5.73 Å². The van der Waals surface area contributed by atoms with E-state index >= 15 is 0 Å². The third-order valence-electron chi connectivity index (χ3n) is 1.62. The Hall–Kier alpha value is -0.840. The van der Waals surface area contributed by atoms with E-state index in [1.807, 2.05) is 0 Å². The fourth-order valence-corrected chi connectivity index (χ4v) is 0.989. The maximum atomic E-state index is 10.6. The number of carbonyl (C=O) groups excluding carboxylic acids is 1. The summed E-state index contributed by atoms with van der Waals surface area (Å²) in [7, 11) is -4.25. The predicted molar refractivity (Wildman–Crippen MR) is 67.0 cm³/mol. The number of phosphoric ester groups is 1. The van der Waals surface area contributed by atoms with Gasteiger partial charge in [-0.25, -0.2) is 9.36 Å².